The molecule has 1 aliphatic carbocycles. The molecule has 0 radical (unpaired) electrons. The fourth-order valence-corrected chi connectivity index (χ4v) is 2.31. The number of rotatable bonds is 5. The van der Waals surface area contributed by atoms with E-state index in [9.17, 15) is 5.11 Å². The van der Waals surface area contributed by atoms with E-state index < -0.39 is 5.60 Å². The molecule has 0 aromatic rings. The Morgan fingerprint density at radius 3 is 2.69 bits per heavy atom. The second-order valence-corrected chi connectivity index (χ2v) is 5.31. The van der Waals surface area contributed by atoms with Gasteiger partial charge in [-0.05, 0) is 25.2 Å². The summed E-state index contributed by atoms with van der Waals surface area (Å²) in [5.41, 5.74) is -0.517. The molecule has 90 valence electrons. The summed E-state index contributed by atoms with van der Waals surface area (Å²) in [5, 5.41) is 22.3. The van der Waals surface area contributed by atoms with E-state index in [0.717, 1.165) is 19.4 Å². The van der Waals surface area contributed by atoms with Gasteiger partial charge >= 0.3 is 0 Å². The van der Waals surface area contributed by atoms with E-state index in [-0.39, 0.29) is 11.5 Å². The van der Waals surface area contributed by atoms with Gasteiger partial charge in [0.1, 0.15) is 5.60 Å². The van der Waals surface area contributed by atoms with Crippen LogP contribution in [-0.4, -0.2) is 36.5 Å². The Morgan fingerprint density at radius 1 is 1.44 bits per heavy atom. The molecule has 1 heterocycles. The molecule has 0 aromatic carbocycles. The molecule has 4 nitrogen and oxygen atoms in total. The van der Waals surface area contributed by atoms with Gasteiger partial charge in [0.15, 0.2) is 0 Å². The second-order valence-electron chi connectivity index (χ2n) is 5.31. The number of nitriles is 1. The molecule has 2 atom stereocenters. The zero-order valence-electron chi connectivity index (χ0n) is 9.83. The van der Waals surface area contributed by atoms with Crippen LogP contribution in [-0.2, 0) is 4.74 Å². The number of nitrogens with one attached hydrogen (secondary N) is 1. The number of hydrogen-bond acceptors (Lipinski definition) is 4. The largest absolute Gasteiger partial charge is 0.386 e. The first-order chi connectivity index (χ1) is 7.60. The van der Waals surface area contributed by atoms with Crippen molar-refractivity contribution in [2.75, 3.05) is 19.7 Å². The normalized spacial score (nSPS) is 35.9. The first-order valence-corrected chi connectivity index (χ1v) is 6.02. The summed E-state index contributed by atoms with van der Waals surface area (Å²) in [6.45, 7) is 3.97. The van der Waals surface area contributed by atoms with Gasteiger partial charge in [-0.3, -0.25) is 0 Å². The van der Waals surface area contributed by atoms with E-state index in [1.165, 1.54) is 0 Å². The highest BCUT2D eigenvalue weighted by Crippen LogP contribution is 2.47. The Hall–Kier alpha value is -0.630. The molecule has 16 heavy (non-hydrogen) atoms. The fourth-order valence-electron chi connectivity index (χ4n) is 2.31. The van der Waals surface area contributed by atoms with Gasteiger partial charge in [0, 0.05) is 32.5 Å². The van der Waals surface area contributed by atoms with Gasteiger partial charge in [-0.1, -0.05) is 0 Å². The summed E-state index contributed by atoms with van der Waals surface area (Å²) in [4.78, 5) is 0. The minimum atomic E-state index is -0.720. The van der Waals surface area contributed by atoms with Crippen LogP contribution in [0.25, 0.3) is 0 Å². The van der Waals surface area contributed by atoms with E-state index in [4.69, 9.17) is 10.00 Å². The zero-order valence-corrected chi connectivity index (χ0v) is 9.83. The predicted octanol–water partition coefficient (Wildman–Crippen LogP) is 0.810. The highest BCUT2D eigenvalue weighted by molar-refractivity contribution is 5.01. The summed E-state index contributed by atoms with van der Waals surface area (Å²) in [6, 6.07) is 2.24. The number of hydrogen-bond donors (Lipinski definition) is 2. The molecule has 1 aliphatic heterocycles. The van der Waals surface area contributed by atoms with Crippen molar-refractivity contribution in [2.24, 2.45) is 5.41 Å². The van der Waals surface area contributed by atoms with Crippen LogP contribution in [0.3, 0.4) is 0 Å². The zero-order chi connectivity index (χ0) is 11.6. The lowest BCUT2D eigenvalue weighted by Crippen LogP contribution is -2.47. The topological polar surface area (TPSA) is 65.3 Å². The van der Waals surface area contributed by atoms with Crippen molar-refractivity contribution in [3.63, 3.8) is 0 Å². The molecule has 2 unspecified atom stereocenters. The molecular formula is C12H20N2O2. The summed E-state index contributed by atoms with van der Waals surface area (Å²) in [7, 11) is 0. The van der Waals surface area contributed by atoms with Gasteiger partial charge in [0.25, 0.3) is 0 Å². The van der Waals surface area contributed by atoms with Crippen LogP contribution in [0.2, 0.25) is 0 Å². The lowest BCUT2D eigenvalue weighted by molar-refractivity contribution is -0.0266. The van der Waals surface area contributed by atoms with Crippen molar-refractivity contribution in [1.82, 2.24) is 5.32 Å². The molecule has 2 N–H and O–H groups in total. The highest BCUT2D eigenvalue weighted by atomic mass is 16.5. The van der Waals surface area contributed by atoms with E-state index in [1.54, 1.807) is 0 Å². The Balaban J connectivity index is 1.74. The molecule has 0 amide bonds. The van der Waals surface area contributed by atoms with Gasteiger partial charge in [0.2, 0.25) is 0 Å². The first kappa shape index (κ1) is 11.8. The van der Waals surface area contributed by atoms with Crippen LogP contribution in [0, 0.1) is 16.7 Å². The van der Waals surface area contributed by atoms with Gasteiger partial charge in [-0.2, -0.15) is 5.26 Å². The minimum Gasteiger partial charge on any atom is -0.386 e. The lowest BCUT2D eigenvalue weighted by atomic mass is 9.96. The number of ether oxygens (including phenoxy) is 1. The molecule has 2 aliphatic rings. The van der Waals surface area contributed by atoms with Crippen molar-refractivity contribution in [3.05, 3.63) is 0 Å². The second kappa shape index (κ2) is 4.33. The predicted molar refractivity (Wildman–Crippen MR) is 59.7 cm³/mol. The van der Waals surface area contributed by atoms with Gasteiger partial charge in [-0.25, -0.2) is 0 Å². The maximum absolute atomic E-state index is 10.3. The van der Waals surface area contributed by atoms with E-state index >= 15 is 0 Å². The first-order valence-electron chi connectivity index (χ1n) is 6.02. The summed E-state index contributed by atoms with van der Waals surface area (Å²) >= 11 is 0. The molecule has 1 saturated heterocycles. The average Bonchev–Trinajstić information content (AvgIpc) is 2.91. The van der Waals surface area contributed by atoms with E-state index in [1.807, 2.05) is 6.92 Å². The molecule has 2 rings (SSSR count). The molecular weight excluding hydrogens is 204 g/mol. The van der Waals surface area contributed by atoms with Crippen molar-refractivity contribution in [1.29, 1.82) is 5.26 Å². The standard InChI is InChI=1S/C12H20N2O2/c1-10-12(15,5-7-16-10)9-14-8-11(2-3-11)4-6-13/h10,14-15H,2-5,7-9H2,1H3. The Kier molecular flexibility index (Phi) is 3.20. The maximum Gasteiger partial charge on any atom is 0.105 e. The Bertz CT molecular complexity index is 296. The minimum absolute atomic E-state index is 0.0916. The van der Waals surface area contributed by atoms with Crippen LogP contribution >= 0.6 is 0 Å². The van der Waals surface area contributed by atoms with Crippen LogP contribution in [0.4, 0.5) is 0 Å². The van der Waals surface area contributed by atoms with E-state index in [2.05, 4.69) is 11.4 Å². The monoisotopic (exact) mass is 224 g/mol. The fraction of sp³-hybridized carbons (Fsp3) is 0.917. The lowest BCUT2D eigenvalue weighted by Gasteiger charge is -2.27. The quantitative estimate of drug-likeness (QED) is 0.725. The van der Waals surface area contributed by atoms with Crippen LogP contribution in [0.1, 0.15) is 32.6 Å². The van der Waals surface area contributed by atoms with Crippen molar-refractivity contribution in [3.8, 4) is 6.07 Å². The number of aliphatic hydroxyl groups is 1. The molecule has 0 bridgehead atoms. The molecule has 4 heteroatoms. The molecule has 2 fully saturated rings. The van der Waals surface area contributed by atoms with Crippen molar-refractivity contribution >= 4 is 0 Å². The van der Waals surface area contributed by atoms with Crippen LogP contribution in [0.5, 0.6) is 0 Å². The number of nitrogens with zero attached hydrogens (tertiary/aromatic N) is 1. The average molecular weight is 224 g/mol. The third-order valence-electron chi connectivity index (χ3n) is 4.00. The van der Waals surface area contributed by atoms with Gasteiger partial charge < -0.3 is 15.2 Å². The maximum atomic E-state index is 10.3. The Labute approximate surface area is 96.6 Å². The van der Waals surface area contributed by atoms with E-state index in [0.29, 0.717) is 26.0 Å². The van der Waals surface area contributed by atoms with Crippen LogP contribution < -0.4 is 5.32 Å². The third-order valence-corrected chi connectivity index (χ3v) is 4.00. The molecule has 0 spiro atoms. The van der Waals surface area contributed by atoms with Gasteiger partial charge in [0.05, 0.1) is 12.2 Å². The SMILES string of the molecule is CC1OCCC1(O)CNCC1(CC#N)CC1. The molecule has 1 saturated carbocycles. The molecule has 0 aromatic heterocycles. The van der Waals surface area contributed by atoms with Gasteiger partial charge in [-0.15, -0.1) is 0 Å². The smallest absolute Gasteiger partial charge is 0.105 e. The van der Waals surface area contributed by atoms with Crippen molar-refractivity contribution < 1.29 is 9.84 Å². The highest BCUT2D eigenvalue weighted by Gasteiger charge is 2.44. The summed E-state index contributed by atoms with van der Waals surface area (Å²) < 4.78 is 5.37. The summed E-state index contributed by atoms with van der Waals surface area (Å²) in [6.07, 6.45) is 3.51. The third kappa shape index (κ3) is 2.37. The Morgan fingerprint density at radius 2 is 2.19 bits per heavy atom. The summed E-state index contributed by atoms with van der Waals surface area (Å²) in [5.74, 6) is 0. The van der Waals surface area contributed by atoms with Crippen molar-refractivity contribution in [2.45, 2.75) is 44.3 Å². The van der Waals surface area contributed by atoms with Crippen LogP contribution in [0.15, 0.2) is 0 Å².